The zero-order chi connectivity index (χ0) is 16.8. The van der Waals surface area contributed by atoms with Gasteiger partial charge in [0.2, 0.25) is 0 Å². The summed E-state index contributed by atoms with van der Waals surface area (Å²) in [4.78, 5) is 31.0. The summed E-state index contributed by atoms with van der Waals surface area (Å²) in [7, 11) is 0. The number of thiazole rings is 1. The Bertz CT molecular complexity index is 826. The third-order valence-corrected chi connectivity index (χ3v) is 6.08. The lowest BCUT2D eigenvalue weighted by Crippen LogP contribution is -2.46. The summed E-state index contributed by atoms with van der Waals surface area (Å²) in [6.07, 6.45) is 4.00. The number of hydrogen-bond acceptors (Lipinski definition) is 5. The summed E-state index contributed by atoms with van der Waals surface area (Å²) >= 11 is 1.44. The Morgan fingerprint density at radius 1 is 1.57 bits per heavy atom. The number of fused-ring (bicyclic) bond motifs is 1. The number of aliphatic hydroxyl groups is 1. The predicted octanol–water partition coefficient (Wildman–Crippen LogP) is 1.65. The van der Waals surface area contributed by atoms with Crippen molar-refractivity contribution >= 4 is 22.2 Å². The molecule has 2 atom stereocenters. The highest BCUT2D eigenvalue weighted by Crippen LogP contribution is 2.37. The molecule has 0 bridgehead atoms. The van der Waals surface area contributed by atoms with Crippen molar-refractivity contribution < 1.29 is 9.90 Å². The number of carbonyl (C=O) groups is 1. The molecule has 0 aliphatic heterocycles. The van der Waals surface area contributed by atoms with Gasteiger partial charge in [0.1, 0.15) is 5.56 Å². The van der Waals surface area contributed by atoms with Crippen LogP contribution in [0.15, 0.2) is 11.0 Å². The molecule has 3 rings (SSSR count). The summed E-state index contributed by atoms with van der Waals surface area (Å²) in [5.74, 6) is -0.410. The Labute approximate surface area is 138 Å². The lowest BCUT2D eigenvalue weighted by atomic mass is 9.85. The van der Waals surface area contributed by atoms with E-state index in [1.54, 1.807) is 0 Å². The summed E-state index contributed by atoms with van der Waals surface area (Å²) in [5, 5.41) is 12.5. The number of aromatic nitrogens is 2. The highest BCUT2D eigenvalue weighted by Gasteiger charge is 2.39. The molecule has 7 heteroatoms. The maximum atomic E-state index is 12.6. The lowest BCUT2D eigenvalue weighted by Gasteiger charge is -2.29. The van der Waals surface area contributed by atoms with Gasteiger partial charge >= 0.3 is 0 Å². The molecule has 23 heavy (non-hydrogen) atoms. The van der Waals surface area contributed by atoms with Crippen LogP contribution < -0.4 is 10.9 Å². The maximum Gasteiger partial charge on any atom is 0.271 e. The van der Waals surface area contributed by atoms with Gasteiger partial charge in [-0.3, -0.25) is 14.0 Å². The van der Waals surface area contributed by atoms with Crippen LogP contribution in [0.2, 0.25) is 0 Å². The number of nitrogens with zero attached hydrogens (tertiary/aromatic N) is 2. The van der Waals surface area contributed by atoms with Gasteiger partial charge in [0.05, 0.1) is 6.61 Å². The summed E-state index contributed by atoms with van der Waals surface area (Å²) in [6.45, 7) is 5.77. The number of amides is 1. The Kier molecular flexibility index (Phi) is 4.01. The van der Waals surface area contributed by atoms with Crippen LogP contribution in [0.25, 0.3) is 4.96 Å². The molecule has 124 valence electrons. The van der Waals surface area contributed by atoms with Gasteiger partial charge in [-0.05, 0) is 26.7 Å². The first-order chi connectivity index (χ1) is 10.9. The third-order valence-electron chi connectivity index (χ3n) is 5.01. The second-order valence-electron chi connectivity index (χ2n) is 6.57. The molecule has 0 unspecified atom stereocenters. The van der Waals surface area contributed by atoms with E-state index in [1.165, 1.54) is 21.9 Å². The SMILES string of the molecule is Cc1sc2ncc(C(=O)N[C@@H]3CCC[C@@]3(C)CO)c(=O)n2c1C. The van der Waals surface area contributed by atoms with Gasteiger partial charge in [-0.25, -0.2) is 4.98 Å². The van der Waals surface area contributed by atoms with E-state index < -0.39 is 5.91 Å². The van der Waals surface area contributed by atoms with E-state index in [1.807, 2.05) is 20.8 Å². The number of hydrogen-bond donors (Lipinski definition) is 2. The normalized spacial score (nSPS) is 24.3. The number of nitrogens with one attached hydrogen (secondary N) is 1. The van der Waals surface area contributed by atoms with Crippen LogP contribution in [0, 0.1) is 19.3 Å². The van der Waals surface area contributed by atoms with Crippen molar-refractivity contribution in [2.45, 2.75) is 46.1 Å². The zero-order valence-electron chi connectivity index (χ0n) is 13.5. The van der Waals surface area contributed by atoms with Crippen LogP contribution in [0.5, 0.6) is 0 Å². The van der Waals surface area contributed by atoms with Crippen molar-refractivity contribution in [3.05, 3.63) is 32.7 Å². The summed E-state index contributed by atoms with van der Waals surface area (Å²) in [5.41, 5.74) is 0.213. The molecule has 2 heterocycles. The highest BCUT2D eigenvalue weighted by atomic mass is 32.1. The van der Waals surface area contributed by atoms with E-state index >= 15 is 0 Å². The zero-order valence-corrected chi connectivity index (χ0v) is 14.4. The summed E-state index contributed by atoms with van der Waals surface area (Å²) < 4.78 is 1.49. The van der Waals surface area contributed by atoms with E-state index in [9.17, 15) is 14.7 Å². The first-order valence-electron chi connectivity index (χ1n) is 7.77. The second-order valence-corrected chi connectivity index (χ2v) is 7.75. The van der Waals surface area contributed by atoms with E-state index in [4.69, 9.17) is 0 Å². The Hall–Kier alpha value is -1.73. The van der Waals surface area contributed by atoms with Crippen LogP contribution in [0.1, 0.15) is 47.1 Å². The topological polar surface area (TPSA) is 83.7 Å². The standard InChI is InChI=1S/C16H21N3O3S/c1-9-10(2)23-15-17-7-11(14(22)19(9)15)13(21)18-12-5-4-6-16(12,3)8-20/h7,12,20H,4-6,8H2,1-3H3,(H,18,21)/t12-,16+/m1/s1. The van der Waals surface area contributed by atoms with Crippen molar-refractivity contribution in [2.75, 3.05) is 6.61 Å². The fourth-order valence-electron chi connectivity index (χ4n) is 3.24. The van der Waals surface area contributed by atoms with E-state index in [0.29, 0.717) is 4.96 Å². The first kappa shape index (κ1) is 16.1. The van der Waals surface area contributed by atoms with E-state index in [0.717, 1.165) is 29.8 Å². The Morgan fingerprint density at radius 2 is 2.30 bits per heavy atom. The van der Waals surface area contributed by atoms with E-state index in [-0.39, 0.29) is 29.2 Å². The van der Waals surface area contributed by atoms with Crippen LogP contribution in [-0.4, -0.2) is 33.0 Å². The smallest absolute Gasteiger partial charge is 0.271 e. The minimum atomic E-state index is -0.410. The Morgan fingerprint density at radius 3 is 3.00 bits per heavy atom. The van der Waals surface area contributed by atoms with E-state index in [2.05, 4.69) is 10.3 Å². The molecule has 2 aromatic rings. The molecule has 0 aromatic carbocycles. The molecule has 2 aromatic heterocycles. The second kappa shape index (κ2) is 5.72. The molecule has 1 fully saturated rings. The average Bonchev–Trinajstić information content (AvgIpc) is 3.02. The fourth-order valence-corrected chi connectivity index (χ4v) is 4.17. The van der Waals surface area contributed by atoms with Crippen LogP contribution in [-0.2, 0) is 0 Å². The maximum absolute atomic E-state index is 12.6. The molecular weight excluding hydrogens is 314 g/mol. The number of aliphatic hydroxyl groups excluding tert-OH is 1. The van der Waals surface area contributed by atoms with Gasteiger partial charge in [-0.2, -0.15) is 0 Å². The van der Waals surface area contributed by atoms with Crippen molar-refractivity contribution in [1.29, 1.82) is 0 Å². The lowest BCUT2D eigenvalue weighted by molar-refractivity contribution is 0.0828. The highest BCUT2D eigenvalue weighted by molar-refractivity contribution is 7.17. The molecule has 1 amide bonds. The average molecular weight is 335 g/mol. The quantitative estimate of drug-likeness (QED) is 0.893. The molecule has 0 radical (unpaired) electrons. The molecule has 1 aliphatic rings. The number of carbonyl (C=O) groups excluding carboxylic acids is 1. The number of aryl methyl sites for hydroxylation is 2. The predicted molar refractivity (Wildman–Crippen MR) is 89.1 cm³/mol. The molecule has 1 aliphatic carbocycles. The van der Waals surface area contributed by atoms with Crippen molar-refractivity contribution in [3.63, 3.8) is 0 Å². The van der Waals surface area contributed by atoms with Crippen molar-refractivity contribution in [2.24, 2.45) is 5.41 Å². The minimum Gasteiger partial charge on any atom is -0.396 e. The molecular formula is C16H21N3O3S. The fraction of sp³-hybridized carbons (Fsp3) is 0.562. The largest absolute Gasteiger partial charge is 0.396 e. The monoisotopic (exact) mass is 335 g/mol. The van der Waals surface area contributed by atoms with Crippen molar-refractivity contribution in [1.82, 2.24) is 14.7 Å². The van der Waals surface area contributed by atoms with Gasteiger partial charge in [-0.1, -0.05) is 13.3 Å². The van der Waals surface area contributed by atoms with Crippen LogP contribution >= 0.6 is 11.3 Å². The number of rotatable bonds is 3. The van der Waals surface area contributed by atoms with Gasteiger partial charge < -0.3 is 10.4 Å². The molecule has 1 saturated carbocycles. The molecule has 0 spiro atoms. The van der Waals surface area contributed by atoms with Crippen LogP contribution in [0.4, 0.5) is 0 Å². The van der Waals surface area contributed by atoms with Crippen molar-refractivity contribution in [3.8, 4) is 0 Å². The van der Waals surface area contributed by atoms with Gasteiger partial charge in [0, 0.05) is 28.2 Å². The molecule has 6 nitrogen and oxygen atoms in total. The first-order valence-corrected chi connectivity index (χ1v) is 8.58. The molecule has 2 N–H and O–H groups in total. The minimum absolute atomic E-state index is 0.0248. The van der Waals surface area contributed by atoms with Gasteiger partial charge in [0.25, 0.3) is 11.5 Å². The van der Waals surface area contributed by atoms with Gasteiger partial charge in [-0.15, -0.1) is 11.3 Å². The van der Waals surface area contributed by atoms with Gasteiger partial charge in [0.15, 0.2) is 4.96 Å². The molecule has 0 saturated heterocycles. The third kappa shape index (κ3) is 2.57. The summed E-state index contributed by atoms with van der Waals surface area (Å²) in [6, 6.07) is -0.120. The Balaban J connectivity index is 1.94. The van der Waals surface area contributed by atoms with Crippen LogP contribution in [0.3, 0.4) is 0 Å².